The number of hydrogen-bond acceptors (Lipinski definition) is 2. The van der Waals surface area contributed by atoms with Gasteiger partial charge in [-0.25, -0.2) is 0 Å². The van der Waals surface area contributed by atoms with Crippen LogP contribution in [0.25, 0.3) is 0 Å². The Morgan fingerprint density at radius 2 is 1.76 bits per heavy atom. The van der Waals surface area contributed by atoms with Crippen LogP contribution in [0.2, 0.25) is 18.1 Å². The van der Waals surface area contributed by atoms with Crippen molar-refractivity contribution in [2.45, 2.75) is 57.3 Å². The van der Waals surface area contributed by atoms with E-state index in [-0.39, 0.29) is 5.60 Å². The number of ether oxygens (including phenoxy) is 1. The van der Waals surface area contributed by atoms with Crippen molar-refractivity contribution in [1.82, 2.24) is 0 Å². The first-order chi connectivity index (χ1) is 10.2. The van der Waals surface area contributed by atoms with Crippen LogP contribution in [0.1, 0.15) is 39.2 Å². The Labute approximate surface area is 130 Å². The first kappa shape index (κ1) is 16.3. The van der Waals surface area contributed by atoms with Gasteiger partial charge in [0.05, 0.1) is 12.9 Å². The minimum Gasteiger partial charge on any atom is -0.488 e. The van der Waals surface area contributed by atoms with Gasteiger partial charge in [0, 0.05) is 0 Å². The molecule has 0 radical (unpaired) electrons. The quantitative estimate of drug-likeness (QED) is 0.642. The van der Waals surface area contributed by atoms with Crippen molar-refractivity contribution in [1.29, 1.82) is 0 Å². The van der Waals surface area contributed by atoms with Gasteiger partial charge in [-0.1, -0.05) is 51.1 Å². The Kier molecular flexibility index (Phi) is 5.65. The first-order valence-electron chi connectivity index (χ1n) is 8.22. The molecule has 1 aliphatic rings. The van der Waals surface area contributed by atoms with Crippen LogP contribution in [0.3, 0.4) is 0 Å². The van der Waals surface area contributed by atoms with E-state index in [0.717, 1.165) is 12.8 Å². The Morgan fingerprint density at radius 1 is 1.10 bits per heavy atom. The molecule has 2 nitrogen and oxygen atoms in total. The minimum absolute atomic E-state index is 0.298. The van der Waals surface area contributed by atoms with Gasteiger partial charge in [0.2, 0.25) is 0 Å². The zero-order valence-corrected chi connectivity index (χ0v) is 14.6. The molecule has 0 fully saturated rings. The van der Waals surface area contributed by atoms with Gasteiger partial charge in [-0.2, -0.15) is 0 Å². The summed E-state index contributed by atoms with van der Waals surface area (Å²) < 4.78 is 12.7. The van der Waals surface area contributed by atoms with E-state index in [1.54, 1.807) is 0 Å². The third kappa shape index (κ3) is 3.58. The average Bonchev–Trinajstić information content (AvgIpc) is 2.58. The second-order valence-corrected chi connectivity index (χ2v) is 10.7. The van der Waals surface area contributed by atoms with Gasteiger partial charge in [-0.15, -0.1) is 0 Å². The van der Waals surface area contributed by atoms with Crippen LogP contribution in [0.4, 0.5) is 0 Å². The molecule has 1 aromatic rings. The van der Waals surface area contributed by atoms with E-state index >= 15 is 0 Å². The number of allylic oxidation sites excluding steroid dienone is 1. The maximum absolute atomic E-state index is 6.55. The second kappa shape index (κ2) is 7.28. The Bertz CT molecular complexity index is 445. The van der Waals surface area contributed by atoms with E-state index in [0.29, 0.717) is 6.61 Å². The van der Waals surface area contributed by atoms with E-state index in [1.807, 2.05) is 6.26 Å². The van der Waals surface area contributed by atoms with Crippen molar-refractivity contribution >= 4 is 8.32 Å². The van der Waals surface area contributed by atoms with Crippen LogP contribution in [0, 0.1) is 0 Å². The number of hydrogen-bond donors (Lipinski definition) is 0. The largest absolute Gasteiger partial charge is 0.488 e. The minimum atomic E-state index is -1.59. The summed E-state index contributed by atoms with van der Waals surface area (Å²) in [4.78, 5) is 0. The third-order valence-corrected chi connectivity index (χ3v) is 9.57. The molecule has 1 unspecified atom stereocenters. The van der Waals surface area contributed by atoms with Gasteiger partial charge in [0.1, 0.15) is 0 Å². The molecule has 1 aromatic carbocycles. The summed E-state index contributed by atoms with van der Waals surface area (Å²) in [5.41, 5.74) is 0.939. The molecule has 0 spiro atoms. The lowest BCUT2D eigenvalue weighted by atomic mass is 9.88. The average molecular weight is 305 g/mol. The van der Waals surface area contributed by atoms with E-state index in [4.69, 9.17) is 9.16 Å². The summed E-state index contributed by atoms with van der Waals surface area (Å²) in [6.07, 6.45) is 6.00. The van der Waals surface area contributed by atoms with Crippen molar-refractivity contribution < 1.29 is 9.16 Å². The molecular formula is C18H28O2Si. The highest BCUT2D eigenvalue weighted by Crippen LogP contribution is 2.36. The molecule has 116 valence electrons. The van der Waals surface area contributed by atoms with Crippen LogP contribution >= 0.6 is 0 Å². The molecule has 21 heavy (non-hydrogen) atoms. The number of benzene rings is 1. The molecule has 2 rings (SSSR count). The maximum atomic E-state index is 6.55. The summed E-state index contributed by atoms with van der Waals surface area (Å²) in [5, 5.41) is 0. The summed E-state index contributed by atoms with van der Waals surface area (Å²) in [6, 6.07) is 14.1. The van der Waals surface area contributed by atoms with Crippen molar-refractivity contribution in [3.63, 3.8) is 0 Å². The van der Waals surface area contributed by atoms with E-state index in [1.165, 1.54) is 23.7 Å². The lowest BCUT2D eigenvalue weighted by Crippen LogP contribution is -2.43. The van der Waals surface area contributed by atoms with Gasteiger partial charge in [-0.05, 0) is 42.6 Å². The van der Waals surface area contributed by atoms with E-state index in [2.05, 4.69) is 57.2 Å². The van der Waals surface area contributed by atoms with Crippen molar-refractivity contribution in [2.75, 3.05) is 6.61 Å². The number of rotatable bonds is 7. The third-order valence-electron chi connectivity index (χ3n) is 4.95. The molecule has 0 saturated carbocycles. The fraction of sp³-hybridized carbons (Fsp3) is 0.556. The summed E-state index contributed by atoms with van der Waals surface area (Å²) in [6.45, 7) is 7.51. The molecule has 0 aliphatic carbocycles. The highest BCUT2D eigenvalue weighted by atomic mass is 28.4. The predicted octanol–water partition coefficient (Wildman–Crippen LogP) is 5.23. The fourth-order valence-electron chi connectivity index (χ4n) is 3.09. The summed E-state index contributed by atoms with van der Waals surface area (Å²) >= 11 is 0. The highest BCUT2D eigenvalue weighted by Gasteiger charge is 2.39. The lowest BCUT2D eigenvalue weighted by molar-refractivity contribution is -0.0410. The molecule has 0 bridgehead atoms. The maximum Gasteiger partial charge on any atom is 0.192 e. The van der Waals surface area contributed by atoms with Crippen molar-refractivity contribution in [3.8, 4) is 0 Å². The SMILES string of the molecule is CC[Si](CC)(CC)OCC1(c2ccccc2)CCC=CO1. The van der Waals surface area contributed by atoms with Gasteiger partial charge in [0.25, 0.3) is 0 Å². The molecule has 0 N–H and O–H groups in total. The monoisotopic (exact) mass is 304 g/mol. The normalized spacial score (nSPS) is 22.0. The predicted molar refractivity (Wildman–Crippen MR) is 90.7 cm³/mol. The van der Waals surface area contributed by atoms with Gasteiger partial charge >= 0.3 is 0 Å². The standard InChI is InChI=1S/C18H28O2Si/c1-4-21(5-2,6-3)20-16-18(14-10-11-15-19-18)17-12-8-7-9-13-17/h7-9,11-13,15H,4-6,10,14,16H2,1-3H3. The Balaban J connectivity index is 2.20. The zero-order chi connectivity index (χ0) is 15.2. The molecule has 1 heterocycles. The van der Waals surface area contributed by atoms with Gasteiger partial charge < -0.3 is 9.16 Å². The molecule has 0 aromatic heterocycles. The molecule has 1 atom stereocenters. The molecule has 0 saturated heterocycles. The first-order valence-corrected chi connectivity index (χ1v) is 10.8. The van der Waals surface area contributed by atoms with E-state index < -0.39 is 8.32 Å². The molecule has 3 heteroatoms. The van der Waals surface area contributed by atoms with Gasteiger partial charge in [-0.3, -0.25) is 0 Å². The smallest absolute Gasteiger partial charge is 0.192 e. The lowest BCUT2D eigenvalue weighted by Gasteiger charge is -2.39. The Morgan fingerprint density at radius 3 is 2.29 bits per heavy atom. The molecular weight excluding hydrogens is 276 g/mol. The summed E-state index contributed by atoms with van der Waals surface area (Å²) in [7, 11) is -1.59. The second-order valence-electron chi connectivity index (χ2n) is 5.92. The van der Waals surface area contributed by atoms with Crippen LogP contribution < -0.4 is 0 Å². The zero-order valence-electron chi connectivity index (χ0n) is 13.6. The van der Waals surface area contributed by atoms with Crippen LogP contribution in [0.15, 0.2) is 42.7 Å². The van der Waals surface area contributed by atoms with Crippen molar-refractivity contribution in [2.24, 2.45) is 0 Å². The van der Waals surface area contributed by atoms with Gasteiger partial charge in [0.15, 0.2) is 13.9 Å². The topological polar surface area (TPSA) is 18.5 Å². The molecule has 0 amide bonds. The van der Waals surface area contributed by atoms with Crippen LogP contribution in [0.5, 0.6) is 0 Å². The van der Waals surface area contributed by atoms with Crippen LogP contribution in [-0.4, -0.2) is 14.9 Å². The highest BCUT2D eigenvalue weighted by molar-refractivity contribution is 6.73. The van der Waals surface area contributed by atoms with Crippen LogP contribution in [-0.2, 0) is 14.8 Å². The van der Waals surface area contributed by atoms with Crippen molar-refractivity contribution in [3.05, 3.63) is 48.2 Å². The fourth-order valence-corrected chi connectivity index (χ4v) is 5.74. The molecule has 1 aliphatic heterocycles. The summed E-state index contributed by atoms with van der Waals surface area (Å²) in [5.74, 6) is 0. The Hall–Kier alpha value is -1.06. The van der Waals surface area contributed by atoms with E-state index in [9.17, 15) is 0 Å².